The lowest BCUT2D eigenvalue weighted by atomic mass is 9.85. The van der Waals surface area contributed by atoms with Crippen LogP contribution in [0.1, 0.15) is 62.1 Å². The van der Waals surface area contributed by atoms with Gasteiger partial charge in [-0.1, -0.05) is 45.0 Å². The number of hydrogen-bond acceptors (Lipinski definition) is 5. The second-order valence-corrected chi connectivity index (χ2v) is 9.26. The Balaban J connectivity index is 1.99. The number of esters is 1. The average Bonchev–Trinajstić information content (AvgIpc) is 2.79. The molecule has 0 saturated carbocycles. The van der Waals surface area contributed by atoms with Crippen LogP contribution in [0.5, 0.6) is 5.75 Å². The van der Waals surface area contributed by atoms with E-state index < -0.39 is 12.0 Å². The maximum absolute atomic E-state index is 13.1. The second-order valence-electron chi connectivity index (χ2n) is 9.26. The van der Waals surface area contributed by atoms with Gasteiger partial charge in [0.1, 0.15) is 12.4 Å². The minimum atomic E-state index is -0.671. The van der Waals surface area contributed by atoms with E-state index in [0.29, 0.717) is 22.6 Å². The van der Waals surface area contributed by atoms with Crippen LogP contribution in [0, 0.1) is 0 Å². The fourth-order valence-electron chi connectivity index (χ4n) is 3.74. The average molecular weight is 465 g/mol. The molecular formula is C27H32N2O5. The Kier molecular flexibility index (Phi) is 7.44. The Morgan fingerprint density at radius 2 is 1.65 bits per heavy atom. The number of carbonyl (C=O) groups excluding carboxylic acids is 3. The summed E-state index contributed by atoms with van der Waals surface area (Å²) in [5.74, 6) is -0.0289. The van der Waals surface area contributed by atoms with Gasteiger partial charge in [0, 0.05) is 12.6 Å². The summed E-state index contributed by atoms with van der Waals surface area (Å²) in [6.07, 6.45) is 0. The lowest BCUT2D eigenvalue weighted by Crippen LogP contribution is -2.48. The lowest BCUT2D eigenvalue weighted by Gasteiger charge is -2.34. The third-order valence-electron chi connectivity index (χ3n) is 5.82. The normalized spacial score (nSPS) is 16.2. The van der Waals surface area contributed by atoms with Crippen molar-refractivity contribution in [3.63, 3.8) is 0 Å². The van der Waals surface area contributed by atoms with Crippen LogP contribution in [0.15, 0.2) is 59.8 Å². The van der Waals surface area contributed by atoms with Crippen LogP contribution in [0.25, 0.3) is 0 Å². The SMILES string of the molecule is CCOC(=O)C1=C(COc2ccc(C(C)=O)cc2)N(C)C(=O)N[C@H]1c1ccc(C(C)(C)C)cc1. The predicted molar refractivity (Wildman–Crippen MR) is 130 cm³/mol. The summed E-state index contributed by atoms with van der Waals surface area (Å²) in [6.45, 7) is 9.80. The molecule has 0 radical (unpaired) electrons. The monoisotopic (exact) mass is 464 g/mol. The van der Waals surface area contributed by atoms with Gasteiger partial charge in [-0.3, -0.25) is 9.69 Å². The number of likely N-dealkylation sites (N-methyl/N-ethyl adjacent to an activating group) is 1. The van der Waals surface area contributed by atoms with Crippen molar-refractivity contribution < 1.29 is 23.9 Å². The summed E-state index contributed by atoms with van der Waals surface area (Å²) < 4.78 is 11.3. The van der Waals surface area contributed by atoms with Gasteiger partial charge in [-0.05, 0) is 54.7 Å². The molecule has 0 bridgehead atoms. The predicted octanol–water partition coefficient (Wildman–Crippen LogP) is 4.78. The molecule has 7 nitrogen and oxygen atoms in total. The first-order valence-corrected chi connectivity index (χ1v) is 11.3. The summed E-state index contributed by atoms with van der Waals surface area (Å²) in [4.78, 5) is 38.7. The minimum Gasteiger partial charge on any atom is -0.487 e. The van der Waals surface area contributed by atoms with Crippen LogP contribution in [0.2, 0.25) is 0 Å². The van der Waals surface area contributed by atoms with E-state index in [2.05, 4.69) is 26.1 Å². The van der Waals surface area contributed by atoms with Gasteiger partial charge in [0.2, 0.25) is 0 Å². The number of hydrogen-bond donors (Lipinski definition) is 1. The van der Waals surface area contributed by atoms with Gasteiger partial charge in [0.15, 0.2) is 5.78 Å². The van der Waals surface area contributed by atoms with Crippen LogP contribution in [-0.4, -0.2) is 42.9 Å². The molecule has 1 heterocycles. The van der Waals surface area contributed by atoms with E-state index in [1.54, 1.807) is 38.2 Å². The van der Waals surface area contributed by atoms with E-state index in [0.717, 1.165) is 11.1 Å². The molecule has 34 heavy (non-hydrogen) atoms. The zero-order valence-corrected chi connectivity index (χ0v) is 20.6. The van der Waals surface area contributed by atoms with Crippen molar-refractivity contribution in [2.45, 2.75) is 46.1 Å². The van der Waals surface area contributed by atoms with E-state index in [4.69, 9.17) is 9.47 Å². The third-order valence-corrected chi connectivity index (χ3v) is 5.82. The number of nitrogens with one attached hydrogen (secondary N) is 1. The number of carbonyl (C=O) groups is 3. The summed E-state index contributed by atoms with van der Waals surface area (Å²) >= 11 is 0. The molecule has 0 unspecified atom stereocenters. The van der Waals surface area contributed by atoms with Gasteiger partial charge in [-0.15, -0.1) is 0 Å². The Morgan fingerprint density at radius 1 is 1.03 bits per heavy atom. The highest BCUT2D eigenvalue weighted by molar-refractivity contribution is 5.95. The number of urea groups is 1. The topological polar surface area (TPSA) is 84.9 Å². The van der Waals surface area contributed by atoms with Crippen molar-refractivity contribution in [1.82, 2.24) is 10.2 Å². The van der Waals surface area contributed by atoms with Crippen molar-refractivity contribution >= 4 is 17.8 Å². The van der Waals surface area contributed by atoms with Gasteiger partial charge in [-0.2, -0.15) is 0 Å². The van der Waals surface area contributed by atoms with E-state index >= 15 is 0 Å². The van der Waals surface area contributed by atoms with E-state index in [9.17, 15) is 14.4 Å². The summed E-state index contributed by atoms with van der Waals surface area (Å²) in [5, 5.41) is 2.91. The Labute approximate surface area is 200 Å². The molecule has 1 aliphatic rings. The molecular weight excluding hydrogens is 432 g/mol. The molecule has 1 aliphatic heterocycles. The molecule has 2 aromatic rings. The van der Waals surface area contributed by atoms with Crippen molar-refractivity contribution in [2.24, 2.45) is 0 Å². The number of benzene rings is 2. The fraction of sp³-hybridized carbons (Fsp3) is 0.370. The molecule has 1 atom stereocenters. The van der Waals surface area contributed by atoms with Gasteiger partial charge in [0.25, 0.3) is 0 Å². The molecule has 0 saturated heterocycles. The number of rotatable bonds is 7. The summed E-state index contributed by atoms with van der Waals surface area (Å²) in [7, 11) is 1.59. The van der Waals surface area contributed by atoms with E-state index in [1.807, 2.05) is 24.3 Å². The molecule has 7 heteroatoms. The van der Waals surface area contributed by atoms with Crippen LogP contribution in [0.4, 0.5) is 4.79 Å². The maximum atomic E-state index is 13.1. The van der Waals surface area contributed by atoms with Gasteiger partial charge < -0.3 is 14.8 Å². The summed E-state index contributed by atoms with van der Waals surface area (Å²) in [5.41, 5.74) is 3.23. The second kappa shape index (κ2) is 10.1. The molecule has 2 aromatic carbocycles. The number of nitrogens with zero attached hydrogens (tertiary/aromatic N) is 1. The molecule has 180 valence electrons. The zero-order valence-electron chi connectivity index (χ0n) is 20.6. The van der Waals surface area contributed by atoms with Gasteiger partial charge in [-0.25, -0.2) is 9.59 Å². The first-order valence-electron chi connectivity index (χ1n) is 11.3. The van der Waals surface area contributed by atoms with Crippen molar-refractivity contribution in [2.75, 3.05) is 20.3 Å². The van der Waals surface area contributed by atoms with Crippen LogP contribution in [-0.2, 0) is 14.9 Å². The highest BCUT2D eigenvalue weighted by atomic mass is 16.5. The number of amides is 2. The van der Waals surface area contributed by atoms with Crippen LogP contribution >= 0.6 is 0 Å². The number of ketones is 1. The minimum absolute atomic E-state index is 0.0198. The summed E-state index contributed by atoms with van der Waals surface area (Å²) in [6, 6.07) is 13.6. The van der Waals surface area contributed by atoms with Crippen LogP contribution < -0.4 is 10.1 Å². The first kappa shape index (κ1) is 25.0. The van der Waals surface area contributed by atoms with Crippen molar-refractivity contribution in [3.05, 3.63) is 76.5 Å². The molecule has 0 fully saturated rings. The highest BCUT2D eigenvalue weighted by Gasteiger charge is 2.37. The van der Waals surface area contributed by atoms with Crippen LogP contribution in [0.3, 0.4) is 0 Å². The van der Waals surface area contributed by atoms with Gasteiger partial charge in [0.05, 0.1) is 23.9 Å². The van der Waals surface area contributed by atoms with Gasteiger partial charge >= 0.3 is 12.0 Å². The Morgan fingerprint density at radius 3 is 2.18 bits per heavy atom. The quantitative estimate of drug-likeness (QED) is 0.471. The van der Waals surface area contributed by atoms with Crippen molar-refractivity contribution in [3.8, 4) is 5.75 Å². The molecule has 3 rings (SSSR count). The third kappa shape index (κ3) is 5.47. The Bertz CT molecular complexity index is 1100. The maximum Gasteiger partial charge on any atom is 0.338 e. The first-order chi connectivity index (χ1) is 16.0. The molecule has 2 amide bonds. The zero-order chi connectivity index (χ0) is 25.0. The van der Waals surface area contributed by atoms with Crippen molar-refractivity contribution in [1.29, 1.82) is 0 Å². The highest BCUT2D eigenvalue weighted by Crippen LogP contribution is 2.33. The Hall–Kier alpha value is -3.61. The fourth-order valence-corrected chi connectivity index (χ4v) is 3.74. The van der Waals surface area contributed by atoms with E-state index in [1.165, 1.54) is 11.8 Å². The molecule has 0 spiro atoms. The molecule has 0 aromatic heterocycles. The lowest BCUT2D eigenvalue weighted by molar-refractivity contribution is -0.139. The smallest absolute Gasteiger partial charge is 0.338 e. The number of ether oxygens (including phenoxy) is 2. The number of Topliss-reactive ketones (excluding diaryl/α,β-unsaturated/α-hetero) is 1. The standard InChI is InChI=1S/C27H32N2O5/c1-7-33-25(31)23-22(16-34-21-14-10-18(11-15-21)17(2)30)29(6)26(32)28-24(23)19-8-12-20(13-9-19)27(3,4)5/h8-15,24H,7,16H2,1-6H3,(H,28,32)/t24-/m0/s1. The largest absolute Gasteiger partial charge is 0.487 e. The molecule has 0 aliphatic carbocycles. The molecule has 1 N–H and O–H groups in total. The van der Waals surface area contributed by atoms with E-state index in [-0.39, 0.29) is 30.4 Å².